The van der Waals surface area contributed by atoms with E-state index in [1.165, 1.54) is 0 Å². The Morgan fingerprint density at radius 1 is 1.35 bits per heavy atom. The molecule has 0 spiro atoms. The molecule has 17 heavy (non-hydrogen) atoms. The van der Waals surface area contributed by atoms with Gasteiger partial charge in [-0.1, -0.05) is 19.6 Å². The maximum absolute atomic E-state index is 11.4. The van der Waals surface area contributed by atoms with Crippen LogP contribution in [-0.4, -0.2) is 30.9 Å². The highest BCUT2D eigenvalue weighted by Crippen LogP contribution is 2.10. The number of esters is 1. The number of hydrogen-bond donors (Lipinski definition) is 1. The fraction of sp³-hybridized carbons (Fsp3) is 0.769. The molecule has 0 fully saturated rings. The molecule has 0 saturated carbocycles. The van der Waals surface area contributed by atoms with E-state index in [9.17, 15) is 9.90 Å². The highest BCUT2D eigenvalue weighted by Gasteiger charge is 2.18. The zero-order valence-corrected chi connectivity index (χ0v) is 12.8. The normalized spacial score (nSPS) is 13.6. The first kappa shape index (κ1) is 16.2. The van der Waals surface area contributed by atoms with Gasteiger partial charge in [-0.3, -0.25) is 4.79 Å². The van der Waals surface area contributed by atoms with Crippen LogP contribution in [0.3, 0.4) is 0 Å². The summed E-state index contributed by atoms with van der Waals surface area (Å²) in [5, 5.41) is 9.63. The van der Waals surface area contributed by atoms with E-state index in [0.717, 1.165) is 0 Å². The van der Waals surface area contributed by atoms with Crippen LogP contribution in [0.5, 0.6) is 0 Å². The molecule has 1 atom stereocenters. The molecule has 0 radical (unpaired) electrons. The SMILES string of the molecule is CC(C)(C)OC(=O)CC(O)CC#C[Si](C)(C)C. The van der Waals surface area contributed by atoms with Crippen molar-refractivity contribution in [1.29, 1.82) is 0 Å². The highest BCUT2D eigenvalue weighted by molar-refractivity contribution is 6.83. The smallest absolute Gasteiger partial charge is 0.308 e. The molecule has 1 N–H and O–H groups in total. The van der Waals surface area contributed by atoms with Crippen molar-refractivity contribution in [3.05, 3.63) is 0 Å². The van der Waals surface area contributed by atoms with Crippen LogP contribution >= 0.6 is 0 Å². The number of hydrogen-bond acceptors (Lipinski definition) is 3. The Morgan fingerprint density at radius 2 is 1.88 bits per heavy atom. The van der Waals surface area contributed by atoms with Gasteiger partial charge in [0, 0.05) is 6.42 Å². The van der Waals surface area contributed by atoms with Crippen molar-refractivity contribution in [1.82, 2.24) is 0 Å². The summed E-state index contributed by atoms with van der Waals surface area (Å²) in [5.74, 6) is 2.57. The molecule has 3 nitrogen and oxygen atoms in total. The molecular weight excluding hydrogens is 232 g/mol. The molecule has 1 unspecified atom stereocenters. The zero-order chi connectivity index (χ0) is 13.7. The molecule has 0 aliphatic heterocycles. The predicted molar refractivity (Wildman–Crippen MR) is 72.2 cm³/mol. The molecule has 0 amide bonds. The number of carbonyl (C=O) groups is 1. The number of aliphatic hydroxyl groups is 1. The molecule has 4 heteroatoms. The number of ether oxygens (including phenoxy) is 1. The van der Waals surface area contributed by atoms with Gasteiger partial charge in [0.15, 0.2) is 0 Å². The summed E-state index contributed by atoms with van der Waals surface area (Å²) in [5.41, 5.74) is 2.65. The minimum atomic E-state index is -1.39. The molecule has 0 rings (SSSR count). The molecule has 0 aromatic heterocycles. The molecule has 0 aliphatic carbocycles. The lowest BCUT2D eigenvalue weighted by molar-refractivity contribution is -0.156. The van der Waals surface area contributed by atoms with E-state index < -0.39 is 19.8 Å². The van der Waals surface area contributed by atoms with Gasteiger partial charge in [0.2, 0.25) is 0 Å². The molecule has 0 aromatic rings. The molecule has 98 valence electrons. The third kappa shape index (κ3) is 11.5. The van der Waals surface area contributed by atoms with Crippen LogP contribution < -0.4 is 0 Å². The fourth-order valence-electron chi connectivity index (χ4n) is 1.08. The molecule has 0 bridgehead atoms. The summed E-state index contributed by atoms with van der Waals surface area (Å²) in [6.45, 7) is 11.8. The largest absolute Gasteiger partial charge is 0.460 e. The van der Waals surface area contributed by atoms with Gasteiger partial charge in [0.05, 0.1) is 12.5 Å². The van der Waals surface area contributed by atoms with Gasteiger partial charge in [-0.25, -0.2) is 0 Å². The summed E-state index contributed by atoms with van der Waals surface area (Å²) in [4.78, 5) is 11.4. The summed E-state index contributed by atoms with van der Waals surface area (Å²) in [6.07, 6.45) is -0.380. The summed E-state index contributed by atoms with van der Waals surface area (Å²) in [6, 6.07) is 0. The Kier molecular flexibility index (Phi) is 5.93. The van der Waals surface area contributed by atoms with Gasteiger partial charge in [0.25, 0.3) is 0 Å². The maximum Gasteiger partial charge on any atom is 0.308 e. The topological polar surface area (TPSA) is 46.5 Å². The molecule has 0 aliphatic rings. The van der Waals surface area contributed by atoms with Crippen molar-refractivity contribution in [3.63, 3.8) is 0 Å². The van der Waals surface area contributed by atoms with E-state index in [-0.39, 0.29) is 12.4 Å². The number of rotatable bonds is 3. The Hall–Kier alpha value is -0.793. The maximum atomic E-state index is 11.4. The van der Waals surface area contributed by atoms with Crippen LogP contribution in [0.2, 0.25) is 19.6 Å². The molecule has 0 heterocycles. The van der Waals surface area contributed by atoms with E-state index in [1.807, 2.05) is 20.8 Å². The van der Waals surface area contributed by atoms with Gasteiger partial charge in [-0.05, 0) is 20.8 Å². The Bertz CT molecular complexity index is 312. The van der Waals surface area contributed by atoms with Crippen molar-refractivity contribution < 1.29 is 14.6 Å². The van der Waals surface area contributed by atoms with E-state index in [4.69, 9.17) is 4.74 Å². The highest BCUT2D eigenvalue weighted by atomic mass is 28.3. The lowest BCUT2D eigenvalue weighted by atomic mass is 10.1. The Morgan fingerprint density at radius 3 is 2.29 bits per heavy atom. The summed E-state index contributed by atoms with van der Waals surface area (Å²) < 4.78 is 5.12. The van der Waals surface area contributed by atoms with Gasteiger partial charge < -0.3 is 9.84 Å². The van der Waals surface area contributed by atoms with Crippen LogP contribution in [-0.2, 0) is 9.53 Å². The summed E-state index contributed by atoms with van der Waals surface area (Å²) in [7, 11) is -1.39. The standard InChI is InChI=1S/C13H24O3Si/c1-13(2,3)16-12(15)10-11(14)8-7-9-17(4,5)6/h11,14H,8,10H2,1-6H3. The van der Waals surface area contributed by atoms with Crippen molar-refractivity contribution in [2.24, 2.45) is 0 Å². The number of carbonyl (C=O) groups excluding carboxylic acids is 1. The average molecular weight is 256 g/mol. The third-order valence-electron chi connectivity index (χ3n) is 1.62. The van der Waals surface area contributed by atoms with Crippen LogP contribution in [0.25, 0.3) is 0 Å². The minimum absolute atomic E-state index is 0.0116. The van der Waals surface area contributed by atoms with Crippen molar-refractivity contribution in [3.8, 4) is 11.5 Å². The molecular formula is C13H24O3Si. The first-order valence-electron chi connectivity index (χ1n) is 5.89. The number of aliphatic hydroxyl groups excluding tert-OH is 1. The zero-order valence-electron chi connectivity index (χ0n) is 11.8. The van der Waals surface area contributed by atoms with Crippen molar-refractivity contribution >= 4 is 14.0 Å². The Balaban J connectivity index is 4.06. The minimum Gasteiger partial charge on any atom is -0.460 e. The van der Waals surface area contributed by atoms with E-state index in [0.29, 0.717) is 6.42 Å². The van der Waals surface area contributed by atoms with Crippen LogP contribution in [0.1, 0.15) is 33.6 Å². The lowest BCUT2D eigenvalue weighted by Gasteiger charge is -2.20. The van der Waals surface area contributed by atoms with Crippen LogP contribution in [0.15, 0.2) is 0 Å². The fourth-order valence-corrected chi connectivity index (χ4v) is 1.71. The second-order valence-electron chi connectivity index (χ2n) is 6.20. The predicted octanol–water partition coefficient (Wildman–Crippen LogP) is 2.35. The first-order chi connectivity index (χ1) is 7.49. The average Bonchev–Trinajstić information content (AvgIpc) is 1.96. The monoisotopic (exact) mass is 256 g/mol. The second-order valence-corrected chi connectivity index (χ2v) is 11.0. The lowest BCUT2D eigenvalue weighted by Crippen LogP contribution is -2.26. The van der Waals surface area contributed by atoms with E-state index in [1.54, 1.807) is 0 Å². The molecule has 0 saturated heterocycles. The van der Waals surface area contributed by atoms with Crippen LogP contribution in [0, 0.1) is 11.5 Å². The van der Waals surface area contributed by atoms with Gasteiger partial charge in [-0.2, -0.15) is 0 Å². The quantitative estimate of drug-likeness (QED) is 0.479. The third-order valence-corrected chi connectivity index (χ3v) is 2.55. The summed E-state index contributed by atoms with van der Waals surface area (Å²) >= 11 is 0. The van der Waals surface area contributed by atoms with Crippen LogP contribution in [0.4, 0.5) is 0 Å². The Labute approximate surface area is 106 Å². The van der Waals surface area contributed by atoms with Crippen molar-refractivity contribution in [2.45, 2.75) is 65.0 Å². The first-order valence-corrected chi connectivity index (χ1v) is 9.39. The van der Waals surface area contributed by atoms with E-state index >= 15 is 0 Å². The van der Waals surface area contributed by atoms with Gasteiger partial charge in [-0.15, -0.1) is 11.5 Å². The van der Waals surface area contributed by atoms with Gasteiger partial charge >= 0.3 is 5.97 Å². The van der Waals surface area contributed by atoms with Gasteiger partial charge in [0.1, 0.15) is 13.7 Å². The van der Waals surface area contributed by atoms with E-state index in [2.05, 4.69) is 31.1 Å². The van der Waals surface area contributed by atoms with Crippen molar-refractivity contribution in [2.75, 3.05) is 0 Å². The molecule has 0 aromatic carbocycles. The second kappa shape index (κ2) is 6.22.